The fraction of sp³-hybridized carbons (Fsp3) is 0.310. The van der Waals surface area contributed by atoms with Crippen LogP contribution in [-0.4, -0.2) is 29.9 Å². The summed E-state index contributed by atoms with van der Waals surface area (Å²) in [7, 11) is -1.90. The van der Waals surface area contributed by atoms with Crippen LogP contribution in [0.15, 0.2) is 77.7 Å². The molecule has 5 rings (SSSR count). The van der Waals surface area contributed by atoms with Crippen molar-refractivity contribution in [3.63, 3.8) is 0 Å². The van der Waals surface area contributed by atoms with Crippen molar-refractivity contribution in [2.75, 3.05) is 0 Å². The molecule has 1 heterocycles. The third-order valence-electron chi connectivity index (χ3n) is 8.08. The van der Waals surface area contributed by atoms with Crippen LogP contribution in [0.25, 0.3) is 22.4 Å². The van der Waals surface area contributed by atoms with Crippen molar-refractivity contribution in [3.8, 4) is 11.4 Å². The van der Waals surface area contributed by atoms with Crippen LogP contribution in [0, 0.1) is 11.2 Å². The van der Waals surface area contributed by atoms with Gasteiger partial charge in [0, 0.05) is 18.7 Å². The van der Waals surface area contributed by atoms with Gasteiger partial charge in [-0.25, -0.2) is 22.5 Å². The maximum absolute atomic E-state index is 13.4. The van der Waals surface area contributed by atoms with Crippen LogP contribution in [0.2, 0.25) is 0 Å². The van der Waals surface area contributed by atoms with E-state index in [1.165, 1.54) is 12.1 Å². The highest BCUT2D eigenvalue weighted by molar-refractivity contribution is 7.89. The molecule has 0 bridgehead atoms. The summed E-state index contributed by atoms with van der Waals surface area (Å²) in [5.74, 6) is -0.213. The summed E-state index contributed by atoms with van der Waals surface area (Å²) in [6.07, 6.45) is 1.82. The molecule has 3 aromatic carbocycles. The Kier molecular flexibility index (Phi) is 6.83. The Morgan fingerprint density at radius 3 is 2.37 bits per heavy atom. The monoisotopic (exact) mass is 534 g/mol. The predicted molar refractivity (Wildman–Crippen MR) is 145 cm³/mol. The molecule has 1 fully saturated rings. The lowest BCUT2D eigenvalue weighted by atomic mass is 9.63. The smallest absolute Gasteiger partial charge is 0.240 e. The Hall–Kier alpha value is -3.56. The van der Waals surface area contributed by atoms with Gasteiger partial charge in [-0.1, -0.05) is 49.4 Å². The van der Waals surface area contributed by atoms with Crippen molar-refractivity contribution >= 4 is 27.0 Å². The summed E-state index contributed by atoms with van der Waals surface area (Å²) in [5.41, 5.74) is 8.28. The van der Waals surface area contributed by atoms with E-state index in [2.05, 4.69) is 4.72 Å². The zero-order valence-corrected chi connectivity index (χ0v) is 22.2. The van der Waals surface area contributed by atoms with E-state index < -0.39 is 21.3 Å². The number of halogens is 1. The molecule has 38 heavy (non-hydrogen) atoms. The summed E-state index contributed by atoms with van der Waals surface area (Å²) in [5, 5.41) is 0. The lowest BCUT2D eigenvalue weighted by molar-refractivity contribution is -0.131. The highest BCUT2D eigenvalue weighted by Gasteiger charge is 2.45. The molecule has 0 unspecified atom stereocenters. The number of fused-ring (bicyclic) bond motifs is 1. The molecule has 1 aliphatic carbocycles. The van der Waals surface area contributed by atoms with Gasteiger partial charge >= 0.3 is 0 Å². The first-order valence-corrected chi connectivity index (χ1v) is 14.2. The largest absolute Gasteiger partial charge is 0.369 e. The van der Waals surface area contributed by atoms with Gasteiger partial charge in [0.15, 0.2) is 0 Å². The number of aromatic nitrogens is 2. The minimum absolute atomic E-state index is 0.147. The Morgan fingerprint density at radius 2 is 1.74 bits per heavy atom. The first-order valence-electron chi connectivity index (χ1n) is 12.7. The van der Waals surface area contributed by atoms with E-state index >= 15 is 0 Å². The molecule has 1 aromatic heterocycles. The summed E-state index contributed by atoms with van der Waals surface area (Å²) in [4.78, 5) is 17.5. The molecule has 0 radical (unpaired) electrons. The Morgan fingerprint density at radius 1 is 1.08 bits per heavy atom. The molecule has 198 valence electrons. The van der Waals surface area contributed by atoms with Crippen molar-refractivity contribution in [2.45, 2.75) is 49.5 Å². The minimum atomic E-state index is -3.81. The summed E-state index contributed by atoms with van der Waals surface area (Å²) < 4.78 is 44.8. The zero-order valence-electron chi connectivity index (χ0n) is 21.4. The molecular formula is C29H31FN4O3S. The second kappa shape index (κ2) is 9.96. The minimum Gasteiger partial charge on any atom is -0.369 e. The fourth-order valence-electron chi connectivity index (χ4n) is 5.69. The van der Waals surface area contributed by atoms with Crippen molar-refractivity contribution in [2.24, 2.45) is 18.2 Å². The maximum Gasteiger partial charge on any atom is 0.240 e. The maximum atomic E-state index is 13.4. The van der Waals surface area contributed by atoms with Gasteiger partial charge in [-0.05, 0) is 67.5 Å². The number of aryl methyl sites for hydroxylation is 1. The molecule has 3 N–H and O–H groups in total. The molecule has 0 aliphatic heterocycles. The van der Waals surface area contributed by atoms with Gasteiger partial charge in [-0.3, -0.25) is 4.79 Å². The van der Waals surface area contributed by atoms with E-state index in [0.29, 0.717) is 31.2 Å². The number of carbonyl (C=O) groups excluding carboxylic acids is 1. The number of benzene rings is 3. The summed E-state index contributed by atoms with van der Waals surface area (Å²) in [6.45, 7) is 1.92. The predicted octanol–water partition coefficient (Wildman–Crippen LogP) is 4.88. The number of nitrogens with one attached hydrogen (secondary N) is 1. The molecule has 9 heteroatoms. The molecule has 0 saturated heterocycles. The van der Waals surface area contributed by atoms with Crippen LogP contribution in [-0.2, 0) is 21.9 Å². The summed E-state index contributed by atoms with van der Waals surface area (Å²) >= 11 is 0. The fourth-order valence-corrected chi connectivity index (χ4v) is 7.02. The number of carbonyl (C=O) groups is 1. The van der Waals surface area contributed by atoms with Gasteiger partial charge in [-0.2, -0.15) is 0 Å². The Labute approximate surface area is 221 Å². The van der Waals surface area contributed by atoms with Gasteiger partial charge in [-0.15, -0.1) is 0 Å². The van der Waals surface area contributed by atoms with Gasteiger partial charge < -0.3 is 10.3 Å². The van der Waals surface area contributed by atoms with Crippen LogP contribution in [0.5, 0.6) is 0 Å². The van der Waals surface area contributed by atoms with Crippen molar-refractivity contribution in [3.05, 3.63) is 84.2 Å². The topological polar surface area (TPSA) is 107 Å². The molecule has 4 aromatic rings. The van der Waals surface area contributed by atoms with Gasteiger partial charge in [0.1, 0.15) is 11.6 Å². The highest BCUT2D eigenvalue weighted by atomic mass is 32.2. The molecular weight excluding hydrogens is 503 g/mol. The molecule has 0 spiro atoms. The number of sulfonamides is 1. The van der Waals surface area contributed by atoms with Crippen LogP contribution < -0.4 is 10.5 Å². The Bertz CT molecular complexity index is 1580. The van der Waals surface area contributed by atoms with E-state index in [9.17, 15) is 17.6 Å². The van der Waals surface area contributed by atoms with E-state index in [1.54, 1.807) is 30.3 Å². The zero-order chi connectivity index (χ0) is 27.1. The first kappa shape index (κ1) is 26.1. The number of hydrogen-bond acceptors (Lipinski definition) is 4. The van der Waals surface area contributed by atoms with Crippen molar-refractivity contribution in [1.29, 1.82) is 0 Å². The quantitative estimate of drug-likeness (QED) is 0.353. The third kappa shape index (κ3) is 4.72. The van der Waals surface area contributed by atoms with Gasteiger partial charge in [0.2, 0.25) is 15.9 Å². The van der Waals surface area contributed by atoms with E-state index in [4.69, 9.17) is 10.7 Å². The van der Waals surface area contributed by atoms with E-state index in [-0.39, 0.29) is 22.7 Å². The number of nitrogens with zero attached hydrogens (tertiary/aromatic N) is 2. The normalized spacial score (nSPS) is 20.9. The molecule has 1 aliphatic rings. The molecule has 1 saturated carbocycles. The molecule has 1 amide bonds. The lowest BCUT2D eigenvalue weighted by Gasteiger charge is -2.42. The molecule has 1 atom stereocenters. The van der Waals surface area contributed by atoms with Crippen molar-refractivity contribution < 1.29 is 17.6 Å². The van der Waals surface area contributed by atoms with Crippen LogP contribution >= 0.6 is 0 Å². The average Bonchev–Trinajstić information content (AvgIpc) is 3.25. The number of amides is 1. The standard InChI is InChI=1S/C29H31FN4O3S/c1-19(20-8-10-22(30)11-9-20)29(28(31)35)16-14-23(15-17-29)33-38(36,37)24-12-13-26-25(18-24)32-27(34(26)2)21-6-4-3-5-7-21/h3-13,18-19,23,33H,14-17H2,1-2H3,(H2,31,35)/t19-,23?,29?/m1/s1. The Balaban J connectivity index is 1.33. The lowest BCUT2D eigenvalue weighted by Crippen LogP contribution is -2.48. The van der Waals surface area contributed by atoms with Gasteiger partial charge in [0.25, 0.3) is 0 Å². The second-order valence-corrected chi connectivity index (χ2v) is 11.9. The van der Waals surface area contributed by atoms with Gasteiger partial charge in [0.05, 0.1) is 21.3 Å². The summed E-state index contributed by atoms with van der Waals surface area (Å²) in [6, 6.07) is 20.5. The van der Waals surface area contributed by atoms with Crippen molar-refractivity contribution in [1.82, 2.24) is 14.3 Å². The number of rotatable bonds is 7. The number of primary amides is 1. The van der Waals surface area contributed by atoms with Crippen LogP contribution in [0.1, 0.15) is 44.1 Å². The number of hydrogen-bond donors (Lipinski definition) is 2. The SMILES string of the molecule is C[C@H](c1ccc(F)cc1)C1(C(N)=O)CCC(NS(=O)(=O)c2ccc3c(c2)nc(-c2ccccc2)n3C)CC1. The number of nitrogens with two attached hydrogens (primary N) is 1. The van der Waals surface area contributed by atoms with E-state index in [0.717, 1.165) is 22.5 Å². The second-order valence-electron chi connectivity index (χ2n) is 10.2. The first-order chi connectivity index (χ1) is 18.1. The molecule has 7 nitrogen and oxygen atoms in total. The van der Waals surface area contributed by atoms with Crippen LogP contribution in [0.3, 0.4) is 0 Å². The average molecular weight is 535 g/mol. The third-order valence-corrected chi connectivity index (χ3v) is 9.60. The van der Waals surface area contributed by atoms with Crippen LogP contribution in [0.4, 0.5) is 4.39 Å². The van der Waals surface area contributed by atoms with E-state index in [1.807, 2.05) is 48.9 Å². The number of imidazole rings is 1. The highest BCUT2D eigenvalue weighted by Crippen LogP contribution is 2.47.